The first-order valence-electron chi connectivity index (χ1n) is 16.8. The van der Waals surface area contributed by atoms with Crippen molar-refractivity contribution in [2.45, 2.75) is 26.2 Å². The Balaban J connectivity index is 0.000000169. The van der Waals surface area contributed by atoms with Gasteiger partial charge in [0.05, 0.1) is 0 Å². The Kier molecular flexibility index (Phi) is 13.0. The van der Waals surface area contributed by atoms with Gasteiger partial charge in [0, 0.05) is 73.8 Å². The van der Waals surface area contributed by atoms with E-state index < -0.39 is 23.7 Å². The summed E-state index contributed by atoms with van der Waals surface area (Å²) in [5, 5.41) is 13.4. The average Bonchev–Trinajstić information content (AvgIpc) is 4.01. The van der Waals surface area contributed by atoms with E-state index in [1.807, 2.05) is 110 Å². The van der Waals surface area contributed by atoms with E-state index in [2.05, 4.69) is 40.3 Å². The van der Waals surface area contributed by atoms with Gasteiger partial charge in [-0.25, -0.2) is 9.97 Å². The van der Waals surface area contributed by atoms with E-state index in [1.165, 1.54) is 0 Å². The molecule has 0 atom stereocenters. The summed E-state index contributed by atoms with van der Waals surface area (Å²) < 4.78 is 79.2. The fourth-order valence-electron chi connectivity index (χ4n) is 5.51. The molecule has 0 fully saturated rings. The molecule has 0 bridgehead atoms. The Bertz CT molecular complexity index is 2340. The Morgan fingerprint density at radius 3 is 1.18 bits per heavy atom. The standard InChI is InChI=1S/2C16H11F3N3.C8H10N4.Os/c2*1-10-7-13(14-8-15(22-21-14)16(17,18)19)20-9-12(10)11-5-3-2-4-6-11;1-11-5-3-9-7(11)8-10-4-6-12(8)2;/h2*2-9H,1H3;3-6H,1-2H3;/q2*-1;;+2. The molecule has 2 aromatic carbocycles. The van der Waals surface area contributed by atoms with Crippen LogP contribution in [0.2, 0.25) is 0 Å². The SMILES string of the molecule is Cc1cc(-c2cc(C(F)(F)F)n[n-]2)ncc1-c1ccccc1.Cc1cc(-c2cc(C(F)(F)F)n[n-]2)ncc1-c1ccccc1.Cn1ccnc1-c1nccn1C.[Os+2]. The van der Waals surface area contributed by atoms with Gasteiger partial charge in [-0.05, 0) is 60.4 Å². The average molecular weight is 957 g/mol. The predicted molar refractivity (Wildman–Crippen MR) is 197 cm³/mol. The zero-order valence-corrected chi connectivity index (χ0v) is 33.2. The van der Waals surface area contributed by atoms with Crippen molar-refractivity contribution in [3.63, 3.8) is 0 Å². The van der Waals surface area contributed by atoms with Gasteiger partial charge in [0.15, 0.2) is 11.6 Å². The summed E-state index contributed by atoms with van der Waals surface area (Å²) in [6, 6.07) is 24.6. The summed E-state index contributed by atoms with van der Waals surface area (Å²) in [6.07, 6.45) is 1.64. The summed E-state index contributed by atoms with van der Waals surface area (Å²) in [6.45, 7) is 3.77. The fourth-order valence-corrected chi connectivity index (χ4v) is 5.51. The molecule has 17 heteroatoms. The van der Waals surface area contributed by atoms with Crippen molar-refractivity contribution in [2.75, 3.05) is 0 Å². The Morgan fingerprint density at radius 1 is 0.526 bits per heavy atom. The summed E-state index contributed by atoms with van der Waals surface area (Å²) >= 11 is 0. The van der Waals surface area contributed by atoms with Gasteiger partial charge in [-0.3, -0.25) is 9.97 Å². The Hall–Kier alpha value is -6.20. The normalized spacial score (nSPS) is 11.2. The van der Waals surface area contributed by atoms with Crippen LogP contribution in [0.3, 0.4) is 0 Å². The number of rotatable bonds is 5. The van der Waals surface area contributed by atoms with E-state index in [0.29, 0.717) is 11.4 Å². The molecule has 8 rings (SSSR count). The van der Waals surface area contributed by atoms with Gasteiger partial charge in [-0.1, -0.05) is 72.1 Å². The van der Waals surface area contributed by atoms with Gasteiger partial charge in [0.25, 0.3) is 0 Å². The maximum atomic E-state index is 12.6. The topological polar surface area (TPSA) is 115 Å². The van der Waals surface area contributed by atoms with Crippen molar-refractivity contribution < 1.29 is 46.1 Å². The van der Waals surface area contributed by atoms with Crippen molar-refractivity contribution in [1.29, 1.82) is 0 Å². The van der Waals surface area contributed by atoms with Crippen molar-refractivity contribution in [3.05, 3.63) is 145 Å². The third-order valence-electron chi connectivity index (χ3n) is 8.42. The maximum Gasteiger partial charge on any atom is 2.00 e. The Labute approximate surface area is 336 Å². The first kappa shape index (κ1) is 41.9. The van der Waals surface area contributed by atoms with Crippen molar-refractivity contribution in [1.82, 2.24) is 49.5 Å². The molecule has 0 aliphatic heterocycles. The van der Waals surface area contributed by atoms with E-state index in [-0.39, 0.29) is 31.2 Å². The van der Waals surface area contributed by atoms with Crippen molar-refractivity contribution >= 4 is 0 Å². The summed E-state index contributed by atoms with van der Waals surface area (Å²) in [5.41, 5.74) is 4.67. The largest absolute Gasteiger partial charge is 2.00 e. The third-order valence-corrected chi connectivity index (χ3v) is 8.42. The van der Waals surface area contributed by atoms with Crippen LogP contribution in [-0.4, -0.2) is 39.3 Å². The molecule has 0 amide bonds. The van der Waals surface area contributed by atoms with E-state index in [0.717, 1.165) is 57.2 Å². The van der Waals surface area contributed by atoms with Crippen LogP contribution in [0.1, 0.15) is 22.5 Å². The first-order valence-corrected chi connectivity index (χ1v) is 16.8. The molecule has 6 heterocycles. The smallest absolute Gasteiger partial charge is 0.573 e. The molecule has 6 aromatic heterocycles. The number of halogens is 6. The molecule has 0 aliphatic carbocycles. The third kappa shape index (κ3) is 10.2. The van der Waals surface area contributed by atoms with Gasteiger partial charge in [0.1, 0.15) is 11.4 Å². The van der Waals surface area contributed by atoms with Gasteiger partial charge >= 0.3 is 32.1 Å². The first-order chi connectivity index (χ1) is 26.7. The van der Waals surface area contributed by atoms with E-state index in [9.17, 15) is 26.3 Å². The molecular formula is C40H32F6N10Os. The number of nitrogens with zero attached hydrogens (tertiary/aromatic N) is 10. The van der Waals surface area contributed by atoms with Crippen molar-refractivity contribution in [2.24, 2.45) is 14.1 Å². The van der Waals surface area contributed by atoms with Crippen molar-refractivity contribution in [3.8, 4) is 56.7 Å². The van der Waals surface area contributed by atoms with Crippen LogP contribution < -0.4 is 10.2 Å². The number of benzene rings is 2. The molecule has 0 spiro atoms. The molecule has 10 nitrogen and oxygen atoms in total. The molecule has 8 aromatic rings. The van der Waals surface area contributed by atoms with Crippen LogP contribution in [0.4, 0.5) is 26.3 Å². The molecule has 0 aliphatic rings. The fraction of sp³-hybridized carbons (Fsp3) is 0.150. The number of pyridine rings is 2. The summed E-state index contributed by atoms with van der Waals surface area (Å²) in [7, 11) is 3.91. The van der Waals surface area contributed by atoms with Crippen LogP contribution in [0.25, 0.3) is 56.7 Å². The minimum absolute atomic E-state index is 0. The van der Waals surface area contributed by atoms with Crippen LogP contribution in [-0.2, 0) is 46.2 Å². The van der Waals surface area contributed by atoms with E-state index in [1.54, 1.807) is 36.9 Å². The van der Waals surface area contributed by atoms with Crippen LogP contribution in [0, 0.1) is 13.8 Å². The van der Waals surface area contributed by atoms with Crippen LogP contribution >= 0.6 is 0 Å². The zero-order valence-electron chi connectivity index (χ0n) is 30.6. The molecule has 0 unspecified atom stereocenters. The van der Waals surface area contributed by atoms with Gasteiger partial charge in [-0.2, -0.15) is 26.3 Å². The number of alkyl halides is 6. The number of imidazole rings is 2. The zero-order chi connectivity index (χ0) is 40.0. The second kappa shape index (κ2) is 17.7. The second-order valence-electron chi connectivity index (χ2n) is 12.4. The Morgan fingerprint density at radius 2 is 0.895 bits per heavy atom. The molecule has 292 valence electrons. The van der Waals surface area contributed by atoms with Gasteiger partial charge in [0.2, 0.25) is 0 Å². The van der Waals surface area contributed by atoms with Crippen LogP contribution in [0.5, 0.6) is 0 Å². The second-order valence-corrected chi connectivity index (χ2v) is 12.4. The minimum Gasteiger partial charge on any atom is -0.573 e. The number of hydrogen-bond donors (Lipinski definition) is 0. The maximum absolute atomic E-state index is 12.6. The molecule has 0 saturated heterocycles. The van der Waals surface area contributed by atoms with E-state index in [4.69, 9.17) is 0 Å². The molecule has 0 radical (unpaired) electrons. The van der Waals surface area contributed by atoms with Gasteiger partial charge < -0.3 is 29.5 Å². The number of hydrogen-bond acceptors (Lipinski definition) is 6. The van der Waals surface area contributed by atoms with Gasteiger partial charge in [-0.15, -0.1) is 0 Å². The quantitative estimate of drug-likeness (QED) is 0.157. The summed E-state index contributed by atoms with van der Waals surface area (Å²) in [5.74, 6) is 1.78. The molecular weight excluding hydrogens is 925 g/mol. The molecule has 0 saturated carbocycles. The number of aryl methyl sites for hydroxylation is 4. The molecule has 57 heavy (non-hydrogen) atoms. The summed E-state index contributed by atoms with van der Waals surface area (Å²) in [4.78, 5) is 16.8. The molecule has 0 N–H and O–H groups in total. The van der Waals surface area contributed by atoms with Crippen LogP contribution in [0.15, 0.2) is 122 Å². The predicted octanol–water partition coefficient (Wildman–Crippen LogP) is 9.01. The minimum atomic E-state index is -4.50. The monoisotopic (exact) mass is 958 g/mol. The number of aromatic nitrogens is 10. The van der Waals surface area contributed by atoms with E-state index >= 15 is 0 Å².